The summed E-state index contributed by atoms with van der Waals surface area (Å²) < 4.78 is 0. The topological polar surface area (TPSA) is 105 Å². The first-order valence-corrected chi connectivity index (χ1v) is 5.64. The molecular weight excluding hydrogens is 246 g/mol. The van der Waals surface area contributed by atoms with Crippen LogP contribution in [0, 0.1) is 6.92 Å². The first-order chi connectivity index (χ1) is 8.97. The summed E-state index contributed by atoms with van der Waals surface area (Å²) in [6, 6.07) is 6.69. The van der Waals surface area contributed by atoms with Crippen LogP contribution in [0.1, 0.15) is 16.1 Å². The fraction of sp³-hybridized carbons (Fsp3) is 0.154. The summed E-state index contributed by atoms with van der Waals surface area (Å²) in [7, 11) is 0. The molecule has 0 fully saturated rings. The number of anilines is 1. The standard InChI is InChI=1S/C13H13N3O3/c1-7-4-10(13(19)15-6-12(17)18)9-5-8(14)2-3-11(9)16-7/h2-5H,6,14H2,1H3,(H,15,19)(H,17,18). The quantitative estimate of drug-likeness (QED) is 0.711. The van der Waals surface area contributed by atoms with Crippen molar-refractivity contribution in [3.63, 3.8) is 0 Å². The third kappa shape index (κ3) is 2.79. The van der Waals surface area contributed by atoms with Crippen molar-refractivity contribution in [1.29, 1.82) is 0 Å². The minimum absolute atomic E-state index is 0.371. The van der Waals surface area contributed by atoms with Crippen molar-refractivity contribution in [3.05, 3.63) is 35.5 Å². The van der Waals surface area contributed by atoms with Gasteiger partial charge in [0.2, 0.25) is 0 Å². The van der Waals surface area contributed by atoms with Crippen LogP contribution in [0.5, 0.6) is 0 Å². The number of amides is 1. The van der Waals surface area contributed by atoms with Crippen LogP contribution >= 0.6 is 0 Å². The molecule has 0 saturated heterocycles. The van der Waals surface area contributed by atoms with Crippen molar-refractivity contribution in [3.8, 4) is 0 Å². The lowest BCUT2D eigenvalue weighted by atomic mass is 10.1. The molecule has 4 N–H and O–H groups in total. The van der Waals surface area contributed by atoms with E-state index in [0.717, 1.165) is 0 Å². The molecule has 0 aliphatic rings. The Morgan fingerprint density at radius 2 is 2.11 bits per heavy atom. The van der Waals surface area contributed by atoms with Crippen LogP contribution in [-0.2, 0) is 4.79 Å². The highest BCUT2D eigenvalue weighted by molar-refractivity contribution is 6.07. The molecule has 0 unspecified atom stereocenters. The number of carbonyl (C=O) groups excluding carboxylic acids is 1. The first kappa shape index (κ1) is 12.8. The molecule has 2 rings (SSSR count). The second-order valence-electron chi connectivity index (χ2n) is 4.16. The predicted octanol–water partition coefficient (Wildman–Crippen LogP) is 0.940. The van der Waals surface area contributed by atoms with Crippen LogP contribution in [0.15, 0.2) is 24.3 Å². The highest BCUT2D eigenvalue weighted by Crippen LogP contribution is 2.21. The maximum Gasteiger partial charge on any atom is 0.322 e. The predicted molar refractivity (Wildman–Crippen MR) is 70.9 cm³/mol. The first-order valence-electron chi connectivity index (χ1n) is 5.64. The minimum atomic E-state index is -1.09. The molecule has 1 aromatic carbocycles. The summed E-state index contributed by atoms with van der Waals surface area (Å²) in [5.41, 5.74) is 7.92. The number of pyridine rings is 1. The van der Waals surface area contributed by atoms with Crippen molar-refractivity contribution in [2.75, 3.05) is 12.3 Å². The molecule has 0 bridgehead atoms. The summed E-state index contributed by atoms with van der Waals surface area (Å²) in [4.78, 5) is 26.8. The van der Waals surface area contributed by atoms with E-state index in [9.17, 15) is 9.59 Å². The lowest BCUT2D eigenvalue weighted by molar-refractivity contribution is -0.135. The molecule has 0 atom stereocenters. The summed E-state index contributed by atoms with van der Waals surface area (Å²) in [5, 5.41) is 11.5. The minimum Gasteiger partial charge on any atom is -0.480 e. The molecule has 0 saturated carbocycles. The zero-order chi connectivity index (χ0) is 14.0. The fourth-order valence-corrected chi connectivity index (χ4v) is 1.81. The fourth-order valence-electron chi connectivity index (χ4n) is 1.81. The van der Waals surface area contributed by atoms with Gasteiger partial charge >= 0.3 is 5.97 Å². The van der Waals surface area contributed by atoms with Gasteiger partial charge in [-0.25, -0.2) is 0 Å². The van der Waals surface area contributed by atoms with Gasteiger partial charge in [-0.1, -0.05) is 0 Å². The van der Waals surface area contributed by atoms with Gasteiger partial charge in [0, 0.05) is 16.8 Å². The number of nitrogen functional groups attached to an aromatic ring is 1. The number of aryl methyl sites for hydroxylation is 1. The molecular formula is C13H13N3O3. The number of hydrogen-bond acceptors (Lipinski definition) is 4. The third-order valence-electron chi connectivity index (χ3n) is 2.61. The molecule has 1 aromatic heterocycles. The highest BCUT2D eigenvalue weighted by Gasteiger charge is 2.13. The zero-order valence-electron chi connectivity index (χ0n) is 10.3. The number of carbonyl (C=O) groups is 2. The Kier molecular flexibility index (Phi) is 3.33. The van der Waals surface area contributed by atoms with Gasteiger partial charge in [-0.15, -0.1) is 0 Å². The number of nitrogens with one attached hydrogen (secondary N) is 1. The molecule has 0 aliphatic carbocycles. The Morgan fingerprint density at radius 1 is 1.37 bits per heavy atom. The summed E-state index contributed by atoms with van der Waals surface area (Å²) in [6.07, 6.45) is 0. The number of benzene rings is 1. The van der Waals surface area contributed by atoms with Gasteiger partial charge in [-0.3, -0.25) is 14.6 Å². The van der Waals surface area contributed by atoms with E-state index in [4.69, 9.17) is 10.8 Å². The van der Waals surface area contributed by atoms with Gasteiger partial charge in [-0.2, -0.15) is 0 Å². The molecule has 1 amide bonds. The van der Waals surface area contributed by atoms with Gasteiger partial charge in [0.15, 0.2) is 0 Å². The van der Waals surface area contributed by atoms with Crippen molar-refractivity contribution < 1.29 is 14.7 Å². The van der Waals surface area contributed by atoms with Gasteiger partial charge in [0.25, 0.3) is 5.91 Å². The van der Waals surface area contributed by atoms with E-state index in [1.165, 1.54) is 0 Å². The van der Waals surface area contributed by atoms with E-state index >= 15 is 0 Å². The second kappa shape index (κ2) is 4.93. The van der Waals surface area contributed by atoms with Crippen molar-refractivity contribution in [2.45, 2.75) is 6.92 Å². The molecule has 0 aliphatic heterocycles. The summed E-state index contributed by atoms with van der Waals surface area (Å²) >= 11 is 0. The highest BCUT2D eigenvalue weighted by atomic mass is 16.4. The number of carboxylic acid groups (broad SMARTS) is 1. The lowest BCUT2D eigenvalue weighted by Crippen LogP contribution is -2.29. The van der Waals surface area contributed by atoms with Crippen LogP contribution in [0.25, 0.3) is 10.9 Å². The molecule has 2 aromatic rings. The van der Waals surface area contributed by atoms with Crippen LogP contribution in [0.4, 0.5) is 5.69 Å². The lowest BCUT2D eigenvalue weighted by Gasteiger charge is -2.08. The number of carboxylic acids is 1. The molecule has 0 spiro atoms. The number of aliphatic carboxylic acids is 1. The summed E-state index contributed by atoms with van der Waals surface area (Å²) in [5.74, 6) is -1.55. The van der Waals surface area contributed by atoms with E-state index in [-0.39, 0.29) is 0 Å². The number of rotatable bonds is 3. The summed E-state index contributed by atoms with van der Waals surface area (Å²) in [6.45, 7) is 1.34. The third-order valence-corrected chi connectivity index (χ3v) is 2.61. The van der Waals surface area contributed by atoms with E-state index in [0.29, 0.717) is 27.8 Å². The van der Waals surface area contributed by atoms with Crippen LogP contribution < -0.4 is 11.1 Å². The Balaban J connectivity index is 2.49. The molecule has 19 heavy (non-hydrogen) atoms. The maximum absolute atomic E-state index is 12.0. The monoisotopic (exact) mass is 259 g/mol. The van der Waals surface area contributed by atoms with Crippen molar-refractivity contribution in [1.82, 2.24) is 10.3 Å². The molecule has 6 nitrogen and oxygen atoms in total. The molecule has 1 heterocycles. The van der Waals surface area contributed by atoms with Crippen LogP contribution in [-0.4, -0.2) is 28.5 Å². The van der Waals surface area contributed by atoms with Crippen molar-refractivity contribution >= 4 is 28.5 Å². The molecule has 6 heteroatoms. The van der Waals surface area contributed by atoms with E-state index < -0.39 is 18.4 Å². The van der Waals surface area contributed by atoms with Gasteiger partial charge in [-0.05, 0) is 31.2 Å². The van der Waals surface area contributed by atoms with E-state index in [2.05, 4.69) is 10.3 Å². The van der Waals surface area contributed by atoms with Gasteiger partial charge in [0.1, 0.15) is 6.54 Å². The number of fused-ring (bicyclic) bond motifs is 1. The Labute approximate surface area is 109 Å². The Bertz CT molecular complexity index is 667. The number of nitrogens with zero attached hydrogens (tertiary/aromatic N) is 1. The Morgan fingerprint density at radius 3 is 2.79 bits per heavy atom. The number of hydrogen-bond donors (Lipinski definition) is 3. The molecule has 0 radical (unpaired) electrons. The average molecular weight is 259 g/mol. The van der Waals surface area contributed by atoms with Crippen LogP contribution in [0.3, 0.4) is 0 Å². The second-order valence-corrected chi connectivity index (χ2v) is 4.16. The number of aromatic nitrogens is 1. The largest absolute Gasteiger partial charge is 0.480 e. The zero-order valence-corrected chi connectivity index (χ0v) is 10.3. The molecule has 98 valence electrons. The SMILES string of the molecule is Cc1cc(C(=O)NCC(=O)O)c2cc(N)ccc2n1. The smallest absolute Gasteiger partial charge is 0.322 e. The number of nitrogens with two attached hydrogens (primary N) is 1. The van der Waals surface area contributed by atoms with Crippen molar-refractivity contribution in [2.24, 2.45) is 0 Å². The van der Waals surface area contributed by atoms with Gasteiger partial charge in [0.05, 0.1) is 11.1 Å². The normalized spacial score (nSPS) is 10.4. The van der Waals surface area contributed by atoms with E-state index in [1.807, 2.05) is 0 Å². The van der Waals surface area contributed by atoms with E-state index in [1.54, 1.807) is 31.2 Å². The van der Waals surface area contributed by atoms with Gasteiger partial charge < -0.3 is 16.2 Å². The average Bonchev–Trinajstić information content (AvgIpc) is 2.35. The Hall–Kier alpha value is -2.63. The maximum atomic E-state index is 12.0. The van der Waals surface area contributed by atoms with Crippen LogP contribution in [0.2, 0.25) is 0 Å².